The van der Waals surface area contributed by atoms with Crippen molar-refractivity contribution in [3.8, 4) is 0 Å². The number of aryl methyl sites for hydroxylation is 1. The Hall–Kier alpha value is -0.880. The van der Waals surface area contributed by atoms with E-state index in [0.29, 0.717) is 13.0 Å². The van der Waals surface area contributed by atoms with Crippen LogP contribution < -0.4 is 5.73 Å². The topological polar surface area (TPSA) is 78.0 Å². The summed E-state index contributed by atoms with van der Waals surface area (Å²) in [4.78, 5) is 0. The Morgan fingerprint density at radius 1 is 1.56 bits per heavy atom. The zero-order valence-electron chi connectivity index (χ0n) is 9.17. The van der Waals surface area contributed by atoms with Crippen molar-refractivity contribution in [1.82, 2.24) is 9.78 Å². The first-order valence-electron chi connectivity index (χ1n) is 5.55. The summed E-state index contributed by atoms with van der Waals surface area (Å²) in [6.07, 6.45) is 4.19. The molecule has 1 fully saturated rings. The van der Waals surface area contributed by atoms with Gasteiger partial charge in [-0.1, -0.05) is 0 Å². The SMILES string of the molecule is NCCCc1ccnn1C1CCS(=O)(=O)C1. The molecule has 0 aromatic carbocycles. The fraction of sp³-hybridized carbons (Fsp3) is 0.700. The number of nitrogens with zero attached hydrogens (tertiary/aromatic N) is 2. The number of sulfone groups is 1. The van der Waals surface area contributed by atoms with Gasteiger partial charge in [0, 0.05) is 11.9 Å². The Morgan fingerprint density at radius 2 is 2.38 bits per heavy atom. The van der Waals surface area contributed by atoms with Crippen LogP contribution in [0.5, 0.6) is 0 Å². The van der Waals surface area contributed by atoms with Gasteiger partial charge in [-0.3, -0.25) is 4.68 Å². The molecule has 6 heteroatoms. The van der Waals surface area contributed by atoms with Crippen molar-refractivity contribution in [2.45, 2.75) is 25.3 Å². The van der Waals surface area contributed by atoms with Gasteiger partial charge < -0.3 is 5.73 Å². The molecule has 0 aliphatic carbocycles. The highest BCUT2D eigenvalue weighted by molar-refractivity contribution is 7.91. The van der Waals surface area contributed by atoms with Crippen LogP contribution >= 0.6 is 0 Å². The van der Waals surface area contributed by atoms with Gasteiger partial charge in [-0.15, -0.1) is 0 Å². The minimum Gasteiger partial charge on any atom is -0.330 e. The molecule has 16 heavy (non-hydrogen) atoms. The lowest BCUT2D eigenvalue weighted by Gasteiger charge is -2.12. The lowest BCUT2D eigenvalue weighted by molar-refractivity contribution is 0.477. The quantitative estimate of drug-likeness (QED) is 0.815. The van der Waals surface area contributed by atoms with Gasteiger partial charge in [0.1, 0.15) is 0 Å². The third-order valence-corrected chi connectivity index (χ3v) is 4.69. The van der Waals surface area contributed by atoms with Crippen molar-refractivity contribution < 1.29 is 8.42 Å². The molecule has 2 heterocycles. The first-order valence-corrected chi connectivity index (χ1v) is 7.37. The molecule has 1 atom stereocenters. The molecule has 1 aromatic heterocycles. The van der Waals surface area contributed by atoms with Crippen molar-refractivity contribution >= 4 is 9.84 Å². The Labute approximate surface area is 95.6 Å². The van der Waals surface area contributed by atoms with Crippen LogP contribution in [0.3, 0.4) is 0 Å². The summed E-state index contributed by atoms with van der Waals surface area (Å²) in [5.41, 5.74) is 6.56. The molecule has 0 bridgehead atoms. The summed E-state index contributed by atoms with van der Waals surface area (Å²) in [7, 11) is -2.84. The molecule has 1 unspecified atom stereocenters. The Balaban J connectivity index is 2.12. The average molecular weight is 243 g/mol. The summed E-state index contributed by atoms with van der Waals surface area (Å²) in [6.45, 7) is 0.647. The Morgan fingerprint density at radius 3 is 3.00 bits per heavy atom. The molecule has 1 aliphatic rings. The van der Waals surface area contributed by atoms with Gasteiger partial charge in [0.15, 0.2) is 9.84 Å². The molecular weight excluding hydrogens is 226 g/mol. The van der Waals surface area contributed by atoms with E-state index in [0.717, 1.165) is 18.5 Å². The van der Waals surface area contributed by atoms with Crippen molar-refractivity contribution in [3.63, 3.8) is 0 Å². The molecule has 0 radical (unpaired) electrons. The molecule has 5 nitrogen and oxygen atoms in total. The standard InChI is InChI=1S/C10H17N3O2S/c11-5-1-2-9-3-6-12-13(9)10-4-7-16(14,15)8-10/h3,6,10H,1-2,4-5,7-8,11H2. The number of nitrogens with two attached hydrogens (primary N) is 1. The highest BCUT2D eigenvalue weighted by Gasteiger charge is 2.30. The molecule has 1 saturated heterocycles. The summed E-state index contributed by atoms with van der Waals surface area (Å²) < 4.78 is 24.7. The van der Waals surface area contributed by atoms with E-state index in [4.69, 9.17) is 5.73 Å². The maximum atomic E-state index is 11.4. The fourth-order valence-corrected chi connectivity index (χ4v) is 3.81. The van der Waals surface area contributed by atoms with Gasteiger partial charge in [-0.05, 0) is 31.9 Å². The normalized spacial score (nSPS) is 23.7. The molecule has 2 rings (SSSR count). The highest BCUT2D eigenvalue weighted by Crippen LogP contribution is 2.24. The van der Waals surface area contributed by atoms with Gasteiger partial charge in [0.05, 0.1) is 17.5 Å². The van der Waals surface area contributed by atoms with Gasteiger partial charge in [0.25, 0.3) is 0 Å². The first kappa shape index (κ1) is 11.6. The monoisotopic (exact) mass is 243 g/mol. The number of rotatable bonds is 4. The average Bonchev–Trinajstić information content (AvgIpc) is 2.81. The van der Waals surface area contributed by atoms with Crippen LogP contribution in [0.25, 0.3) is 0 Å². The second kappa shape index (κ2) is 4.55. The lowest BCUT2D eigenvalue weighted by atomic mass is 10.2. The van der Waals surface area contributed by atoms with Gasteiger partial charge in [-0.25, -0.2) is 8.42 Å². The van der Waals surface area contributed by atoms with E-state index < -0.39 is 9.84 Å². The summed E-state index contributed by atoms with van der Waals surface area (Å²) in [6, 6.07) is 1.97. The van der Waals surface area contributed by atoms with Crippen LogP contribution in [-0.4, -0.2) is 36.2 Å². The van der Waals surface area contributed by atoms with Crippen LogP contribution in [0.1, 0.15) is 24.6 Å². The molecule has 2 N–H and O–H groups in total. The number of hydrogen-bond acceptors (Lipinski definition) is 4. The minimum absolute atomic E-state index is 0.0211. The first-order chi connectivity index (χ1) is 7.62. The van der Waals surface area contributed by atoms with Crippen molar-refractivity contribution in [2.24, 2.45) is 5.73 Å². The van der Waals surface area contributed by atoms with E-state index in [1.807, 2.05) is 10.7 Å². The maximum absolute atomic E-state index is 11.4. The molecule has 1 aromatic rings. The molecular formula is C10H17N3O2S. The van der Waals surface area contributed by atoms with Crippen LogP contribution in [0, 0.1) is 0 Å². The highest BCUT2D eigenvalue weighted by atomic mass is 32.2. The van der Waals surface area contributed by atoms with Crippen molar-refractivity contribution in [1.29, 1.82) is 0 Å². The summed E-state index contributed by atoms with van der Waals surface area (Å²) >= 11 is 0. The Bertz CT molecular complexity index is 452. The Kier molecular flexibility index (Phi) is 3.30. The smallest absolute Gasteiger partial charge is 0.152 e. The van der Waals surface area contributed by atoms with Gasteiger partial charge in [0.2, 0.25) is 0 Å². The molecule has 0 saturated carbocycles. The van der Waals surface area contributed by atoms with Crippen LogP contribution in [0.2, 0.25) is 0 Å². The second-order valence-corrected chi connectivity index (χ2v) is 6.44. The maximum Gasteiger partial charge on any atom is 0.152 e. The summed E-state index contributed by atoms with van der Waals surface area (Å²) in [5.74, 6) is 0.512. The largest absolute Gasteiger partial charge is 0.330 e. The van der Waals surface area contributed by atoms with E-state index in [1.54, 1.807) is 6.20 Å². The predicted molar refractivity (Wildman–Crippen MR) is 61.9 cm³/mol. The molecule has 1 aliphatic heterocycles. The van der Waals surface area contributed by atoms with Gasteiger partial charge in [-0.2, -0.15) is 5.10 Å². The third-order valence-electron chi connectivity index (χ3n) is 2.94. The van der Waals surface area contributed by atoms with E-state index >= 15 is 0 Å². The van der Waals surface area contributed by atoms with E-state index in [2.05, 4.69) is 5.10 Å². The third kappa shape index (κ3) is 2.44. The fourth-order valence-electron chi connectivity index (χ4n) is 2.12. The minimum atomic E-state index is -2.84. The van der Waals surface area contributed by atoms with Crippen LogP contribution in [-0.2, 0) is 16.3 Å². The summed E-state index contributed by atoms with van der Waals surface area (Å²) in [5, 5.41) is 4.23. The van der Waals surface area contributed by atoms with Crippen molar-refractivity contribution in [2.75, 3.05) is 18.1 Å². The number of hydrogen-bond donors (Lipinski definition) is 1. The zero-order valence-corrected chi connectivity index (χ0v) is 9.99. The van der Waals surface area contributed by atoms with Crippen LogP contribution in [0.4, 0.5) is 0 Å². The van der Waals surface area contributed by atoms with Gasteiger partial charge >= 0.3 is 0 Å². The van der Waals surface area contributed by atoms with Crippen molar-refractivity contribution in [3.05, 3.63) is 18.0 Å². The predicted octanol–water partition coefficient (Wildman–Crippen LogP) is 0.134. The molecule has 0 amide bonds. The van der Waals surface area contributed by atoms with Crippen LogP contribution in [0.15, 0.2) is 12.3 Å². The molecule has 0 spiro atoms. The molecule has 90 valence electrons. The lowest BCUT2D eigenvalue weighted by Crippen LogP contribution is -2.15. The van der Waals surface area contributed by atoms with E-state index in [9.17, 15) is 8.42 Å². The van der Waals surface area contributed by atoms with E-state index in [-0.39, 0.29) is 17.5 Å². The zero-order chi connectivity index (χ0) is 11.6. The number of aromatic nitrogens is 2. The second-order valence-electron chi connectivity index (χ2n) is 4.22. The van der Waals surface area contributed by atoms with E-state index in [1.165, 1.54) is 0 Å².